The third kappa shape index (κ3) is 4.41. The van der Waals surface area contributed by atoms with Crippen molar-refractivity contribution in [3.8, 4) is 0 Å². The lowest BCUT2D eigenvalue weighted by Crippen LogP contribution is -2.38. The molecule has 2 aromatic rings. The first-order chi connectivity index (χ1) is 10.7. The van der Waals surface area contributed by atoms with Gasteiger partial charge in [-0.15, -0.1) is 0 Å². The third-order valence-electron chi connectivity index (χ3n) is 3.86. The fourth-order valence-corrected chi connectivity index (χ4v) is 3.38. The minimum Gasteiger partial charge on any atom is -0.384 e. The Morgan fingerprint density at radius 1 is 1.04 bits per heavy atom. The second-order valence-corrected chi connectivity index (χ2v) is 7.96. The van der Waals surface area contributed by atoms with Gasteiger partial charge in [0.1, 0.15) is 5.60 Å². The number of hydrogen-bond donors (Lipinski definition) is 2. The standard InChI is InChI=1S/C18H23NO3S/c1-14(2)15-9-11-17(12-10-15)23(21,22)19-13-18(3,20)16-7-5-4-6-8-16/h4-12,14,19-20H,13H2,1-3H3. The molecule has 0 radical (unpaired) electrons. The lowest BCUT2D eigenvalue weighted by atomic mass is 9.97. The van der Waals surface area contributed by atoms with Crippen LogP contribution < -0.4 is 4.72 Å². The molecule has 0 aliphatic rings. The summed E-state index contributed by atoms with van der Waals surface area (Å²) in [6, 6.07) is 15.8. The van der Waals surface area contributed by atoms with Crippen LogP contribution in [0.1, 0.15) is 37.8 Å². The van der Waals surface area contributed by atoms with Gasteiger partial charge in [0.05, 0.1) is 4.90 Å². The van der Waals surface area contributed by atoms with E-state index in [4.69, 9.17) is 0 Å². The Morgan fingerprint density at radius 2 is 1.61 bits per heavy atom. The lowest BCUT2D eigenvalue weighted by Gasteiger charge is -2.24. The number of rotatable bonds is 6. The van der Waals surface area contributed by atoms with E-state index < -0.39 is 15.6 Å². The highest BCUT2D eigenvalue weighted by Gasteiger charge is 2.26. The van der Waals surface area contributed by atoms with Crippen LogP contribution >= 0.6 is 0 Å². The van der Waals surface area contributed by atoms with Gasteiger partial charge in [-0.25, -0.2) is 13.1 Å². The Kier molecular flexibility index (Phi) is 5.24. The second kappa shape index (κ2) is 6.83. The van der Waals surface area contributed by atoms with Gasteiger partial charge < -0.3 is 5.11 Å². The molecule has 124 valence electrons. The van der Waals surface area contributed by atoms with E-state index in [-0.39, 0.29) is 11.4 Å². The molecule has 2 N–H and O–H groups in total. The summed E-state index contributed by atoms with van der Waals surface area (Å²) in [5.41, 5.74) is 0.477. The van der Waals surface area contributed by atoms with Crippen molar-refractivity contribution in [1.82, 2.24) is 4.72 Å². The maximum Gasteiger partial charge on any atom is 0.240 e. The van der Waals surface area contributed by atoms with Crippen LogP contribution in [0.2, 0.25) is 0 Å². The van der Waals surface area contributed by atoms with Gasteiger partial charge in [-0.3, -0.25) is 0 Å². The van der Waals surface area contributed by atoms with Crippen LogP contribution in [0.15, 0.2) is 59.5 Å². The summed E-state index contributed by atoms with van der Waals surface area (Å²) in [4.78, 5) is 0.200. The van der Waals surface area contributed by atoms with Gasteiger partial charge in [0, 0.05) is 6.54 Å². The van der Waals surface area contributed by atoms with E-state index in [1.165, 1.54) is 0 Å². The van der Waals surface area contributed by atoms with Gasteiger partial charge in [0.2, 0.25) is 10.0 Å². The molecule has 2 rings (SSSR count). The first-order valence-electron chi connectivity index (χ1n) is 7.60. The molecule has 0 aliphatic carbocycles. The van der Waals surface area contributed by atoms with Crippen LogP contribution in [0.5, 0.6) is 0 Å². The highest BCUT2D eigenvalue weighted by atomic mass is 32.2. The van der Waals surface area contributed by atoms with E-state index in [1.54, 1.807) is 31.2 Å². The van der Waals surface area contributed by atoms with E-state index in [9.17, 15) is 13.5 Å². The zero-order valence-corrected chi connectivity index (χ0v) is 14.5. The summed E-state index contributed by atoms with van der Waals surface area (Å²) in [5, 5.41) is 10.5. The molecule has 0 amide bonds. The van der Waals surface area contributed by atoms with Gasteiger partial charge in [0.15, 0.2) is 0 Å². The smallest absolute Gasteiger partial charge is 0.240 e. The molecule has 23 heavy (non-hydrogen) atoms. The quantitative estimate of drug-likeness (QED) is 0.854. The number of sulfonamides is 1. The van der Waals surface area contributed by atoms with Crippen molar-refractivity contribution in [2.45, 2.75) is 37.2 Å². The zero-order valence-electron chi connectivity index (χ0n) is 13.7. The minimum absolute atomic E-state index is 0.0920. The molecule has 0 heterocycles. The Morgan fingerprint density at radius 3 is 2.13 bits per heavy atom. The highest BCUT2D eigenvalue weighted by molar-refractivity contribution is 7.89. The zero-order chi connectivity index (χ0) is 17.1. The van der Waals surface area contributed by atoms with Crippen LogP contribution in [0, 0.1) is 0 Å². The van der Waals surface area contributed by atoms with Crippen molar-refractivity contribution in [3.05, 3.63) is 65.7 Å². The normalized spacial score (nSPS) is 14.7. The van der Waals surface area contributed by atoms with Crippen LogP contribution in [-0.4, -0.2) is 20.1 Å². The Labute approximate surface area is 138 Å². The average Bonchev–Trinajstić information content (AvgIpc) is 2.54. The maximum absolute atomic E-state index is 12.4. The SMILES string of the molecule is CC(C)c1ccc(S(=O)(=O)NCC(C)(O)c2ccccc2)cc1. The Balaban J connectivity index is 2.12. The van der Waals surface area contributed by atoms with Gasteiger partial charge in [-0.1, -0.05) is 56.3 Å². The van der Waals surface area contributed by atoms with Crippen LogP contribution in [-0.2, 0) is 15.6 Å². The summed E-state index contributed by atoms with van der Waals surface area (Å²) in [5.74, 6) is 0.346. The van der Waals surface area contributed by atoms with Crippen molar-refractivity contribution in [2.24, 2.45) is 0 Å². The van der Waals surface area contributed by atoms with Crippen molar-refractivity contribution in [3.63, 3.8) is 0 Å². The van der Waals surface area contributed by atoms with E-state index in [1.807, 2.05) is 30.3 Å². The monoisotopic (exact) mass is 333 g/mol. The fraction of sp³-hybridized carbons (Fsp3) is 0.333. The van der Waals surface area contributed by atoms with Crippen LogP contribution in [0.4, 0.5) is 0 Å². The molecule has 0 fully saturated rings. The van der Waals surface area contributed by atoms with Crippen LogP contribution in [0.3, 0.4) is 0 Å². The molecular formula is C18H23NO3S. The number of aliphatic hydroxyl groups is 1. The summed E-state index contributed by atoms with van der Waals surface area (Å²) in [6.07, 6.45) is 0. The van der Waals surface area contributed by atoms with E-state index in [2.05, 4.69) is 18.6 Å². The first kappa shape index (κ1) is 17.7. The summed E-state index contributed by atoms with van der Waals surface area (Å²) < 4.78 is 27.2. The highest BCUT2D eigenvalue weighted by Crippen LogP contribution is 2.21. The summed E-state index contributed by atoms with van der Waals surface area (Å²) in [7, 11) is -3.65. The molecule has 1 unspecified atom stereocenters. The van der Waals surface area contributed by atoms with Gasteiger partial charge in [-0.2, -0.15) is 0 Å². The molecule has 0 bridgehead atoms. The largest absolute Gasteiger partial charge is 0.384 e. The molecule has 0 aromatic heterocycles. The molecule has 5 heteroatoms. The molecule has 0 saturated carbocycles. The van der Waals surface area contributed by atoms with Gasteiger partial charge in [-0.05, 0) is 36.1 Å². The predicted molar refractivity (Wildman–Crippen MR) is 91.7 cm³/mol. The maximum atomic E-state index is 12.4. The van der Waals surface area contributed by atoms with Gasteiger partial charge in [0.25, 0.3) is 0 Å². The van der Waals surface area contributed by atoms with E-state index in [0.29, 0.717) is 11.5 Å². The van der Waals surface area contributed by atoms with Crippen molar-refractivity contribution in [2.75, 3.05) is 6.54 Å². The van der Waals surface area contributed by atoms with Gasteiger partial charge >= 0.3 is 0 Å². The van der Waals surface area contributed by atoms with E-state index >= 15 is 0 Å². The summed E-state index contributed by atoms with van der Waals surface area (Å²) in [6.45, 7) is 5.61. The molecule has 0 saturated heterocycles. The van der Waals surface area contributed by atoms with Crippen molar-refractivity contribution < 1.29 is 13.5 Å². The molecule has 0 aliphatic heterocycles. The molecule has 2 aromatic carbocycles. The topological polar surface area (TPSA) is 66.4 Å². The summed E-state index contributed by atoms with van der Waals surface area (Å²) >= 11 is 0. The molecular weight excluding hydrogens is 310 g/mol. The minimum atomic E-state index is -3.65. The van der Waals surface area contributed by atoms with Crippen molar-refractivity contribution in [1.29, 1.82) is 0 Å². The van der Waals surface area contributed by atoms with Crippen molar-refractivity contribution >= 4 is 10.0 Å². The second-order valence-electron chi connectivity index (χ2n) is 6.19. The number of benzene rings is 2. The number of nitrogens with one attached hydrogen (secondary N) is 1. The Bertz CT molecular complexity index is 736. The average molecular weight is 333 g/mol. The fourth-order valence-electron chi connectivity index (χ4n) is 2.25. The molecule has 1 atom stereocenters. The van der Waals surface area contributed by atoms with E-state index in [0.717, 1.165) is 5.56 Å². The first-order valence-corrected chi connectivity index (χ1v) is 9.08. The third-order valence-corrected chi connectivity index (χ3v) is 5.28. The number of hydrogen-bond acceptors (Lipinski definition) is 3. The van der Waals surface area contributed by atoms with Crippen LogP contribution in [0.25, 0.3) is 0 Å². The predicted octanol–water partition coefficient (Wildman–Crippen LogP) is 3.00. The Hall–Kier alpha value is -1.69. The molecule has 0 spiro atoms. The molecule has 4 nitrogen and oxygen atoms in total. The lowest BCUT2D eigenvalue weighted by molar-refractivity contribution is 0.0627.